The predicted molar refractivity (Wildman–Crippen MR) is 76.1 cm³/mol. The van der Waals surface area contributed by atoms with E-state index in [1.807, 2.05) is 0 Å². The SMILES string of the molecule is O=C(O)c1cc(S(=O)(=O)Nc2ccc(F)nc2)ccc1Br. The van der Waals surface area contributed by atoms with E-state index in [-0.39, 0.29) is 20.6 Å². The fourth-order valence-electron chi connectivity index (χ4n) is 1.49. The lowest BCUT2D eigenvalue weighted by Gasteiger charge is -2.09. The van der Waals surface area contributed by atoms with Crippen LogP contribution < -0.4 is 4.72 Å². The van der Waals surface area contributed by atoms with E-state index < -0.39 is 21.9 Å². The third-order valence-corrected chi connectivity index (χ3v) is 4.53. The van der Waals surface area contributed by atoms with Crippen LogP contribution in [0.15, 0.2) is 45.9 Å². The summed E-state index contributed by atoms with van der Waals surface area (Å²) in [6.07, 6.45) is 1.02. The van der Waals surface area contributed by atoms with Gasteiger partial charge in [0.1, 0.15) is 0 Å². The number of hydrogen-bond acceptors (Lipinski definition) is 4. The lowest BCUT2D eigenvalue weighted by molar-refractivity contribution is 0.0695. The van der Waals surface area contributed by atoms with E-state index >= 15 is 0 Å². The van der Waals surface area contributed by atoms with Crippen molar-refractivity contribution in [3.63, 3.8) is 0 Å². The van der Waals surface area contributed by atoms with Crippen LogP contribution in [0.2, 0.25) is 0 Å². The topological polar surface area (TPSA) is 96.4 Å². The van der Waals surface area contributed by atoms with Gasteiger partial charge in [0, 0.05) is 4.47 Å². The fourth-order valence-corrected chi connectivity index (χ4v) is 2.97. The van der Waals surface area contributed by atoms with Crippen molar-refractivity contribution in [1.29, 1.82) is 0 Å². The smallest absolute Gasteiger partial charge is 0.336 e. The van der Waals surface area contributed by atoms with Crippen LogP contribution in [0.5, 0.6) is 0 Å². The van der Waals surface area contributed by atoms with Gasteiger partial charge in [-0.2, -0.15) is 4.39 Å². The number of rotatable bonds is 4. The molecule has 0 radical (unpaired) electrons. The Morgan fingerprint density at radius 2 is 2.00 bits per heavy atom. The Hall–Kier alpha value is -2.00. The number of halogens is 2. The number of benzene rings is 1. The number of anilines is 1. The van der Waals surface area contributed by atoms with Gasteiger partial charge < -0.3 is 5.11 Å². The molecular formula is C12H8BrFN2O4S. The van der Waals surface area contributed by atoms with Gasteiger partial charge >= 0.3 is 5.97 Å². The van der Waals surface area contributed by atoms with Crippen molar-refractivity contribution >= 4 is 37.6 Å². The number of aromatic carboxylic acids is 1. The van der Waals surface area contributed by atoms with E-state index in [9.17, 15) is 17.6 Å². The predicted octanol–water partition coefficient (Wildman–Crippen LogP) is 2.48. The van der Waals surface area contributed by atoms with Crippen molar-refractivity contribution in [1.82, 2.24) is 4.98 Å². The van der Waals surface area contributed by atoms with E-state index in [2.05, 4.69) is 25.6 Å². The van der Waals surface area contributed by atoms with Crippen LogP contribution in [0.3, 0.4) is 0 Å². The largest absolute Gasteiger partial charge is 0.478 e. The second-order valence-corrected chi connectivity index (χ2v) is 6.46. The number of aromatic nitrogens is 1. The number of carboxylic acids is 1. The van der Waals surface area contributed by atoms with Gasteiger partial charge in [0.2, 0.25) is 5.95 Å². The third-order valence-electron chi connectivity index (χ3n) is 2.46. The molecule has 1 aromatic carbocycles. The zero-order valence-corrected chi connectivity index (χ0v) is 12.6. The monoisotopic (exact) mass is 374 g/mol. The molecule has 110 valence electrons. The van der Waals surface area contributed by atoms with Crippen molar-refractivity contribution in [2.24, 2.45) is 0 Å². The third kappa shape index (κ3) is 3.56. The molecule has 0 fully saturated rings. The summed E-state index contributed by atoms with van der Waals surface area (Å²) in [6.45, 7) is 0. The summed E-state index contributed by atoms with van der Waals surface area (Å²) in [5.74, 6) is -2.00. The fraction of sp³-hybridized carbons (Fsp3) is 0. The molecule has 2 rings (SSSR count). The van der Waals surface area contributed by atoms with Gasteiger partial charge in [0.05, 0.1) is 22.3 Å². The van der Waals surface area contributed by atoms with Crippen LogP contribution in [-0.2, 0) is 10.0 Å². The Bertz CT molecular complexity index is 793. The number of hydrogen-bond donors (Lipinski definition) is 2. The molecule has 0 atom stereocenters. The molecule has 0 aliphatic heterocycles. The van der Waals surface area contributed by atoms with Crippen LogP contribution in [-0.4, -0.2) is 24.5 Å². The molecule has 1 aromatic heterocycles. The Kier molecular flexibility index (Phi) is 4.24. The minimum Gasteiger partial charge on any atom is -0.478 e. The molecule has 2 N–H and O–H groups in total. The van der Waals surface area contributed by atoms with Crippen LogP contribution in [0.25, 0.3) is 0 Å². The number of carbonyl (C=O) groups is 1. The van der Waals surface area contributed by atoms with Crippen LogP contribution >= 0.6 is 15.9 Å². The maximum absolute atomic E-state index is 12.7. The molecule has 0 saturated carbocycles. The van der Waals surface area contributed by atoms with Crippen LogP contribution in [0, 0.1) is 5.95 Å². The van der Waals surface area contributed by atoms with E-state index in [1.54, 1.807) is 0 Å². The Balaban J connectivity index is 2.38. The minimum atomic E-state index is -4.00. The first-order chi connectivity index (χ1) is 9.79. The summed E-state index contributed by atoms with van der Waals surface area (Å²) in [5, 5.41) is 8.98. The quantitative estimate of drug-likeness (QED) is 0.801. The lowest BCUT2D eigenvalue weighted by atomic mass is 10.2. The Morgan fingerprint density at radius 3 is 2.57 bits per heavy atom. The first kappa shape index (κ1) is 15.4. The molecule has 9 heteroatoms. The second kappa shape index (κ2) is 5.78. The van der Waals surface area contributed by atoms with Gasteiger partial charge in [-0.1, -0.05) is 0 Å². The molecule has 0 spiro atoms. The van der Waals surface area contributed by atoms with Crippen LogP contribution in [0.4, 0.5) is 10.1 Å². The highest BCUT2D eigenvalue weighted by atomic mass is 79.9. The van der Waals surface area contributed by atoms with Gasteiger partial charge in [-0.15, -0.1) is 0 Å². The van der Waals surface area contributed by atoms with Crippen molar-refractivity contribution in [3.05, 3.63) is 52.5 Å². The molecule has 1 heterocycles. The molecule has 0 saturated heterocycles. The average molecular weight is 375 g/mol. The van der Waals surface area contributed by atoms with Crippen molar-refractivity contribution in [3.8, 4) is 0 Å². The minimum absolute atomic E-state index is 0.0659. The van der Waals surface area contributed by atoms with Gasteiger partial charge in [-0.3, -0.25) is 4.72 Å². The number of sulfonamides is 1. The zero-order chi connectivity index (χ0) is 15.6. The van der Waals surface area contributed by atoms with Crippen LogP contribution in [0.1, 0.15) is 10.4 Å². The molecule has 0 amide bonds. The standard InChI is InChI=1S/C12H8BrFN2O4S/c13-10-3-2-8(5-9(10)12(17)18)21(19,20)16-7-1-4-11(14)15-6-7/h1-6,16H,(H,17,18). The first-order valence-electron chi connectivity index (χ1n) is 5.47. The number of pyridine rings is 1. The molecule has 2 aromatic rings. The lowest BCUT2D eigenvalue weighted by Crippen LogP contribution is -2.14. The molecule has 21 heavy (non-hydrogen) atoms. The van der Waals surface area contributed by atoms with E-state index in [1.165, 1.54) is 18.2 Å². The van der Waals surface area contributed by atoms with Gasteiger partial charge in [-0.05, 0) is 46.3 Å². The molecular weight excluding hydrogens is 367 g/mol. The maximum atomic E-state index is 12.7. The van der Waals surface area contributed by atoms with Crippen molar-refractivity contribution in [2.75, 3.05) is 4.72 Å². The van der Waals surface area contributed by atoms with Gasteiger partial charge in [0.15, 0.2) is 0 Å². The van der Waals surface area contributed by atoms with E-state index in [4.69, 9.17) is 5.11 Å². The van der Waals surface area contributed by atoms with Crippen molar-refractivity contribution < 1.29 is 22.7 Å². The summed E-state index contributed by atoms with van der Waals surface area (Å²) in [4.78, 5) is 14.1. The second-order valence-electron chi connectivity index (χ2n) is 3.92. The van der Waals surface area contributed by atoms with E-state index in [0.29, 0.717) is 0 Å². The summed E-state index contributed by atoms with van der Waals surface area (Å²) in [5.41, 5.74) is -0.119. The normalized spacial score (nSPS) is 11.1. The zero-order valence-electron chi connectivity index (χ0n) is 10.2. The van der Waals surface area contributed by atoms with E-state index in [0.717, 1.165) is 18.3 Å². The molecule has 0 unspecified atom stereocenters. The average Bonchev–Trinajstić information content (AvgIpc) is 2.41. The van der Waals surface area contributed by atoms with Gasteiger partial charge in [0.25, 0.3) is 10.0 Å². The summed E-state index contributed by atoms with van der Waals surface area (Å²) < 4.78 is 39.4. The summed E-state index contributed by atoms with van der Waals surface area (Å²) >= 11 is 3.02. The Morgan fingerprint density at radius 1 is 1.29 bits per heavy atom. The number of nitrogens with one attached hydrogen (secondary N) is 1. The highest BCUT2D eigenvalue weighted by molar-refractivity contribution is 9.10. The summed E-state index contributed by atoms with van der Waals surface area (Å²) in [6, 6.07) is 5.79. The number of carboxylic acid groups (broad SMARTS) is 1. The maximum Gasteiger partial charge on any atom is 0.336 e. The molecule has 0 bridgehead atoms. The van der Waals surface area contributed by atoms with Gasteiger partial charge in [-0.25, -0.2) is 18.2 Å². The molecule has 6 nitrogen and oxygen atoms in total. The summed E-state index contributed by atoms with van der Waals surface area (Å²) in [7, 11) is -4.00. The van der Waals surface area contributed by atoms with Crippen molar-refractivity contribution in [2.45, 2.75) is 4.90 Å². The Labute approximate surface area is 127 Å². The number of nitrogens with zero attached hydrogens (tertiary/aromatic N) is 1. The highest BCUT2D eigenvalue weighted by Gasteiger charge is 2.18. The molecule has 0 aliphatic carbocycles. The molecule has 0 aliphatic rings. The first-order valence-corrected chi connectivity index (χ1v) is 7.74. The highest BCUT2D eigenvalue weighted by Crippen LogP contribution is 2.22.